The molecule has 1 atom stereocenters. The highest BCUT2D eigenvalue weighted by atomic mass is 16.5. The van der Waals surface area contributed by atoms with Crippen molar-refractivity contribution >= 4 is 0 Å². The molecule has 0 spiro atoms. The van der Waals surface area contributed by atoms with Crippen molar-refractivity contribution in [1.82, 2.24) is 4.90 Å². The van der Waals surface area contributed by atoms with E-state index in [2.05, 4.69) is 16.7 Å². The molecule has 1 aromatic carbocycles. The Bertz CT molecular complexity index is 504. The Kier molecular flexibility index (Phi) is 5.42. The molecule has 0 radical (unpaired) electrons. The van der Waals surface area contributed by atoms with Crippen molar-refractivity contribution in [3.8, 4) is 17.6 Å². The highest BCUT2D eigenvalue weighted by Gasteiger charge is 2.18. The topological polar surface area (TPSA) is 52.9 Å². The quantitative estimate of drug-likeness (QED) is 0.808. The molecule has 20 heavy (non-hydrogen) atoms. The standard InChI is InChI=1S/C16H21NO3/c1-20-16-7-6-13(4-3-9-18)14(10-16)11-17-8-2-5-15(19)12-17/h6-7,10,15,18-19H,2,5,8-9,11-12H2,1H3. The second-order valence-corrected chi connectivity index (χ2v) is 5.01. The van der Waals surface area contributed by atoms with Crippen LogP contribution in [0.3, 0.4) is 0 Å². The van der Waals surface area contributed by atoms with Crippen LogP contribution in [0.15, 0.2) is 18.2 Å². The molecule has 0 aromatic heterocycles. The lowest BCUT2D eigenvalue weighted by molar-refractivity contribution is 0.0668. The Balaban J connectivity index is 2.18. The maximum absolute atomic E-state index is 9.74. The predicted molar refractivity (Wildman–Crippen MR) is 77.5 cm³/mol. The maximum atomic E-state index is 9.74. The van der Waals surface area contributed by atoms with E-state index in [4.69, 9.17) is 9.84 Å². The first-order valence-electron chi connectivity index (χ1n) is 6.90. The van der Waals surface area contributed by atoms with Gasteiger partial charge in [-0.15, -0.1) is 0 Å². The van der Waals surface area contributed by atoms with Gasteiger partial charge in [0.15, 0.2) is 0 Å². The van der Waals surface area contributed by atoms with E-state index in [0.717, 1.165) is 42.8 Å². The van der Waals surface area contributed by atoms with Crippen molar-refractivity contribution in [1.29, 1.82) is 0 Å². The van der Waals surface area contributed by atoms with Crippen molar-refractivity contribution < 1.29 is 14.9 Å². The number of benzene rings is 1. The second-order valence-electron chi connectivity index (χ2n) is 5.01. The minimum absolute atomic E-state index is 0.145. The van der Waals surface area contributed by atoms with Gasteiger partial charge in [-0.25, -0.2) is 0 Å². The number of aliphatic hydroxyl groups excluding tert-OH is 2. The van der Waals surface area contributed by atoms with E-state index in [1.807, 2.05) is 18.2 Å². The van der Waals surface area contributed by atoms with Gasteiger partial charge in [-0.1, -0.05) is 11.8 Å². The molecule has 1 heterocycles. The summed E-state index contributed by atoms with van der Waals surface area (Å²) >= 11 is 0. The Labute approximate surface area is 120 Å². The van der Waals surface area contributed by atoms with Gasteiger partial charge in [-0.2, -0.15) is 0 Å². The average molecular weight is 275 g/mol. The van der Waals surface area contributed by atoms with Crippen molar-refractivity contribution in [3.05, 3.63) is 29.3 Å². The minimum atomic E-state index is -0.235. The fraction of sp³-hybridized carbons (Fsp3) is 0.500. The molecule has 1 aliphatic heterocycles. The molecule has 0 amide bonds. The van der Waals surface area contributed by atoms with E-state index in [-0.39, 0.29) is 12.7 Å². The molecule has 108 valence electrons. The third kappa shape index (κ3) is 3.97. The van der Waals surface area contributed by atoms with E-state index in [1.54, 1.807) is 7.11 Å². The van der Waals surface area contributed by atoms with Gasteiger partial charge in [0.1, 0.15) is 12.4 Å². The van der Waals surface area contributed by atoms with Gasteiger partial charge in [-0.3, -0.25) is 4.90 Å². The van der Waals surface area contributed by atoms with Crippen molar-refractivity contribution in [2.24, 2.45) is 0 Å². The van der Waals surface area contributed by atoms with Gasteiger partial charge in [0.2, 0.25) is 0 Å². The first-order chi connectivity index (χ1) is 9.72. The molecule has 1 aliphatic rings. The molecular weight excluding hydrogens is 254 g/mol. The zero-order valence-electron chi connectivity index (χ0n) is 11.8. The van der Waals surface area contributed by atoms with Gasteiger partial charge in [0, 0.05) is 18.7 Å². The molecule has 2 rings (SSSR count). The molecule has 0 aliphatic carbocycles. The summed E-state index contributed by atoms with van der Waals surface area (Å²) in [6, 6.07) is 5.76. The molecule has 1 fully saturated rings. The fourth-order valence-corrected chi connectivity index (χ4v) is 2.50. The third-order valence-electron chi connectivity index (χ3n) is 3.49. The van der Waals surface area contributed by atoms with Crippen LogP contribution in [0.5, 0.6) is 5.75 Å². The lowest BCUT2D eigenvalue weighted by atomic mass is 10.0. The van der Waals surface area contributed by atoms with Gasteiger partial charge in [0.25, 0.3) is 0 Å². The smallest absolute Gasteiger partial charge is 0.119 e. The number of aliphatic hydroxyl groups is 2. The van der Waals surface area contributed by atoms with Gasteiger partial charge < -0.3 is 14.9 Å². The Morgan fingerprint density at radius 2 is 2.30 bits per heavy atom. The van der Waals surface area contributed by atoms with E-state index >= 15 is 0 Å². The summed E-state index contributed by atoms with van der Waals surface area (Å²) in [5.74, 6) is 6.45. The SMILES string of the molecule is COc1ccc(C#CCO)c(CN2CCCC(O)C2)c1. The van der Waals surface area contributed by atoms with E-state index in [9.17, 15) is 5.11 Å². The Morgan fingerprint density at radius 3 is 3.00 bits per heavy atom. The van der Waals surface area contributed by atoms with Crippen LogP contribution in [-0.2, 0) is 6.54 Å². The molecule has 1 unspecified atom stereocenters. The van der Waals surface area contributed by atoms with Gasteiger partial charge in [0.05, 0.1) is 13.2 Å². The number of β-amino-alcohol motifs (C(OH)–C–C–N with tert-alkyl or cyclic N) is 1. The fourth-order valence-electron chi connectivity index (χ4n) is 2.50. The first kappa shape index (κ1) is 14.9. The number of rotatable bonds is 3. The molecule has 1 aromatic rings. The van der Waals surface area contributed by atoms with E-state index < -0.39 is 0 Å². The zero-order chi connectivity index (χ0) is 14.4. The van der Waals surface area contributed by atoms with Crippen LogP contribution in [0.1, 0.15) is 24.0 Å². The number of methoxy groups -OCH3 is 1. The monoisotopic (exact) mass is 275 g/mol. The molecule has 4 heteroatoms. The van der Waals surface area contributed by atoms with Gasteiger partial charge in [-0.05, 0) is 43.1 Å². The lowest BCUT2D eigenvalue weighted by Gasteiger charge is -2.30. The number of ether oxygens (including phenoxy) is 1. The Morgan fingerprint density at radius 1 is 1.45 bits per heavy atom. The lowest BCUT2D eigenvalue weighted by Crippen LogP contribution is -2.37. The Hall–Kier alpha value is -1.54. The number of hydrogen-bond acceptors (Lipinski definition) is 4. The number of likely N-dealkylation sites (tertiary alicyclic amines) is 1. The van der Waals surface area contributed by atoms with Crippen molar-refractivity contribution in [2.45, 2.75) is 25.5 Å². The molecule has 0 saturated carbocycles. The van der Waals surface area contributed by atoms with Crippen LogP contribution in [0.4, 0.5) is 0 Å². The summed E-state index contributed by atoms with van der Waals surface area (Å²) in [6.45, 7) is 2.28. The van der Waals surface area contributed by atoms with Crippen LogP contribution < -0.4 is 4.74 Å². The van der Waals surface area contributed by atoms with E-state index in [0.29, 0.717) is 6.54 Å². The molecular formula is C16H21NO3. The summed E-state index contributed by atoms with van der Waals surface area (Å²) < 4.78 is 5.26. The largest absolute Gasteiger partial charge is 0.497 e. The van der Waals surface area contributed by atoms with E-state index in [1.165, 1.54) is 0 Å². The number of piperidine rings is 1. The third-order valence-corrected chi connectivity index (χ3v) is 3.49. The summed E-state index contributed by atoms with van der Waals surface area (Å²) in [4.78, 5) is 2.23. The maximum Gasteiger partial charge on any atom is 0.119 e. The van der Waals surface area contributed by atoms with Crippen LogP contribution in [-0.4, -0.2) is 48.0 Å². The molecule has 4 nitrogen and oxygen atoms in total. The molecule has 0 bridgehead atoms. The summed E-state index contributed by atoms with van der Waals surface area (Å²) in [7, 11) is 1.64. The average Bonchev–Trinajstić information content (AvgIpc) is 2.46. The zero-order valence-corrected chi connectivity index (χ0v) is 11.8. The second kappa shape index (κ2) is 7.30. The van der Waals surface area contributed by atoms with Gasteiger partial charge >= 0.3 is 0 Å². The summed E-state index contributed by atoms with van der Waals surface area (Å²) in [6.07, 6.45) is 1.66. The van der Waals surface area contributed by atoms with Crippen LogP contribution in [0, 0.1) is 11.8 Å². The number of hydrogen-bond donors (Lipinski definition) is 2. The highest BCUT2D eigenvalue weighted by Crippen LogP contribution is 2.21. The van der Waals surface area contributed by atoms with Crippen LogP contribution in [0.2, 0.25) is 0 Å². The molecule has 1 saturated heterocycles. The summed E-state index contributed by atoms with van der Waals surface area (Å²) in [5, 5.41) is 18.6. The minimum Gasteiger partial charge on any atom is -0.497 e. The summed E-state index contributed by atoms with van der Waals surface area (Å²) in [5.41, 5.74) is 1.97. The predicted octanol–water partition coefficient (Wildman–Crippen LogP) is 0.996. The molecule has 2 N–H and O–H groups in total. The highest BCUT2D eigenvalue weighted by molar-refractivity contribution is 5.45. The first-order valence-corrected chi connectivity index (χ1v) is 6.90. The van der Waals surface area contributed by atoms with Crippen LogP contribution in [0.25, 0.3) is 0 Å². The normalized spacial score (nSPS) is 19.2. The number of nitrogens with zero attached hydrogens (tertiary/aromatic N) is 1. The van der Waals surface area contributed by atoms with Crippen molar-refractivity contribution in [2.75, 3.05) is 26.8 Å². The van der Waals surface area contributed by atoms with Crippen LogP contribution >= 0.6 is 0 Å². The van der Waals surface area contributed by atoms with Crippen molar-refractivity contribution in [3.63, 3.8) is 0 Å².